The average Bonchev–Trinajstić information content (AvgIpc) is 3.51. The van der Waals surface area contributed by atoms with Gasteiger partial charge in [0.2, 0.25) is 0 Å². The Hall–Kier alpha value is -3.14. The van der Waals surface area contributed by atoms with E-state index < -0.39 is 17.7 Å². The molecule has 164 valence electrons. The summed E-state index contributed by atoms with van der Waals surface area (Å²) in [6, 6.07) is 12.0. The van der Waals surface area contributed by atoms with Gasteiger partial charge in [0.05, 0.1) is 31.1 Å². The van der Waals surface area contributed by atoms with E-state index in [1.54, 1.807) is 31.2 Å². The topological polar surface area (TPSA) is 55.8 Å². The van der Waals surface area contributed by atoms with Gasteiger partial charge >= 0.3 is 12.1 Å². The largest absolute Gasteiger partial charge is 0.493 e. The summed E-state index contributed by atoms with van der Waals surface area (Å²) in [6.07, 6.45) is -2.73. The van der Waals surface area contributed by atoms with Crippen molar-refractivity contribution in [2.45, 2.75) is 38.3 Å². The van der Waals surface area contributed by atoms with Crippen molar-refractivity contribution >= 4 is 5.97 Å². The van der Waals surface area contributed by atoms with Crippen LogP contribution < -0.4 is 9.47 Å². The molecule has 0 aliphatic heterocycles. The van der Waals surface area contributed by atoms with Crippen molar-refractivity contribution < 1.29 is 32.5 Å². The van der Waals surface area contributed by atoms with Crippen molar-refractivity contribution in [3.63, 3.8) is 0 Å². The van der Waals surface area contributed by atoms with Gasteiger partial charge in [0.1, 0.15) is 11.5 Å². The molecule has 1 N–H and O–H groups in total. The van der Waals surface area contributed by atoms with E-state index in [0.29, 0.717) is 12.4 Å². The average molecular weight is 432 g/mol. The number of ether oxygens (including phenoxy) is 2. The van der Waals surface area contributed by atoms with Crippen LogP contribution >= 0.6 is 0 Å². The molecule has 0 heterocycles. The number of benzene rings is 2. The number of carboxylic acids is 1. The number of carboxylic acid groups (broad SMARTS) is 1. The molecule has 2 aromatic carbocycles. The third-order valence-electron chi connectivity index (χ3n) is 5.19. The fourth-order valence-electron chi connectivity index (χ4n) is 3.14. The summed E-state index contributed by atoms with van der Waals surface area (Å²) in [5.41, 5.74) is -0.148. The van der Waals surface area contributed by atoms with Crippen LogP contribution in [0.1, 0.15) is 43.2 Å². The molecule has 0 saturated heterocycles. The molecule has 3 rings (SSSR count). The maximum atomic E-state index is 12.8. The van der Waals surface area contributed by atoms with Crippen LogP contribution in [0.25, 0.3) is 0 Å². The molecular formula is C24H23F3O4. The Labute approximate surface area is 179 Å². The third kappa shape index (κ3) is 6.42. The van der Waals surface area contributed by atoms with Crippen LogP contribution in [-0.4, -0.2) is 24.3 Å². The van der Waals surface area contributed by atoms with E-state index in [1.165, 1.54) is 12.1 Å². The molecule has 1 fully saturated rings. The first-order valence-corrected chi connectivity index (χ1v) is 9.88. The van der Waals surface area contributed by atoms with E-state index >= 15 is 0 Å². The molecule has 1 aliphatic carbocycles. The first-order valence-electron chi connectivity index (χ1n) is 9.88. The van der Waals surface area contributed by atoms with E-state index in [9.17, 15) is 18.0 Å². The Balaban J connectivity index is 1.55. The number of carbonyl (C=O) groups is 1. The maximum absolute atomic E-state index is 12.8. The van der Waals surface area contributed by atoms with Crippen molar-refractivity contribution in [3.05, 3.63) is 59.7 Å². The fraction of sp³-hybridized carbons (Fsp3) is 0.375. The lowest BCUT2D eigenvalue weighted by molar-refractivity contribution is -0.138. The molecule has 0 amide bonds. The zero-order valence-corrected chi connectivity index (χ0v) is 17.0. The highest BCUT2D eigenvalue weighted by Crippen LogP contribution is 2.46. The van der Waals surface area contributed by atoms with Gasteiger partial charge in [-0.3, -0.25) is 4.79 Å². The van der Waals surface area contributed by atoms with Gasteiger partial charge in [-0.15, -0.1) is 5.92 Å². The molecule has 1 unspecified atom stereocenters. The van der Waals surface area contributed by atoms with Crippen LogP contribution in [0.5, 0.6) is 11.5 Å². The quantitative estimate of drug-likeness (QED) is 0.530. The van der Waals surface area contributed by atoms with Gasteiger partial charge in [0.25, 0.3) is 0 Å². The third-order valence-corrected chi connectivity index (χ3v) is 5.19. The normalized spacial score (nSPS) is 15.4. The maximum Gasteiger partial charge on any atom is 0.416 e. The number of alkyl halides is 3. The van der Waals surface area contributed by atoms with Gasteiger partial charge in [0, 0.05) is 5.41 Å². The first kappa shape index (κ1) is 22.5. The lowest BCUT2D eigenvalue weighted by Crippen LogP contribution is -2.21. The molecule has 1 atom stereocenters. The highest BCUT2D eigenvalue weighted by molar-refractivity contribution is 5.69. The van der Waals surface area contributed by atoms with E-state index in [-0.39, 0.29) is 30.1 Å². The standard InChI is InChI=1S/C24H23F3O4/c1-2-4-18(13-22(28)29)17-7-9-20(10-8-17)30-15-23(11-12-23)16-31-21-6-3-5-19(14-21)24(25,26)27/h3,5-10,14,18H,11-13,15-16H2,1H3,(H,28,29). The van der Waals surface area contributed by atoms with Gasteiger partial charge in [0.15, 0.2) is 0 Å². The SMILES string of the molecule is CC#CC(CC(=O)O)c1ccc(OCC2(COc3cccc(C(F)(F)F)c3)CC2)cc1. The minimum absolute atomic E-state index is 0.0724. The number of hydrogen-bond donors (Lipinski definition) is 1. The number of hydrogen-bond acceptors (Lipinski definition) is 3. The van der Waals surface area contributed by atoms with Crippen molar-refractivity contribution in [2.24, 2.45) is 5.41 Å². The molecule has 4 nitrogen and oxygen atoms in total. The van der Waals surface area contributed by atoms with Gasteiger partial charge in [-0.1, -0.05) is 24.1 Å². The predicted octanol–water partition coefficient (Wildman–Crippen LogP) is 5.53. The molecular weight excluding hydrogens is 409 g/mol. The second kappa shape index (κ2) is 9.34. The molecule has 7 heteroatoms. The summed E-state index contributed by atoms with van der Waals surface area (Å²) < 4.78 is 50.0. The van der Waals surface area contributed by atoms with E-state index in [1.807, 2.05) is 0 Å². The molecule has 0 spiro atoms. The second-order valence-electron chi connectivity index (χ2n) is 7.72. The fourth-order valence-corrected chi connectivity index (χ4v) is 3.14. The van der Waals surface area contributed by atoms with Crippen LogP contribution in [0, 0.1) is 17.3 Å². The Kier molecular flexibility index (Phi) is 6.79. The molecule has 0 radical (unpaired) electrons. The highest BCUT2D eigenvalue weighted by atomic mass is 19.4. The van der Waals surface area contributed by atoms with Gasteiger partial charge in [-0.25, -0.2) is 0 Å². The number of rotatable bonds is 9. The summed E-state index contributed by atoms with van der Waals surface area (Å²) in [6.45, 7) is 2.33. The summed E-state index contributed by atoms with van der Waals surface area (Å²) in [4.78, 5) is 11.0. The molecule has 2 aromatic rings. The van der Waals surface area contributed by atoms with E-state index in [4.69, 9.17) is 14.6 Å². The molecule has 0 aromatic heterocycles. The van der Waals surface area contributed by atoms with Crippen molar-refractivity contribution in [1.82, 2.24) is 0 Å². The molecule has 31 heavy (non-hydrogen) atoms. The van der Waals surface area contributed by atoms with E-state index in [0.717, 1.165) is 30.5 Å². The van der Waals surface area contributed by atoms with Gasteiger partial charge in [-0.05, 0) is 55.7 Å². The van der Waals surface area contributed by atoms with Gasteiger partial charge in [-0.2, -0.15) is 13.2 Å². The van der Waals surface area contributed by atoms with Crippen LogP contribution in [0.3, 0.4) is 0 Å². The zero-order chi connectivity index (χ0) is 22.5. The smallest absolute Gasteiger partial charge is 0.416 e. The van der Waals surface area contributed by atoms with Crippen LogP contribution in [0.15, 0.2) is 48.5 Å². The minimum atomic E-state index is -4.40. The van der Waals surface area contributed by atoms with Crippen LogP contribution in [0.2, 0.25) is 0 Å². The van der Waals surface area contributed by atoms with E-state index in [2.05, 4.69) is 11.8 Å². The summed E-state index contributed by atoms with van der Waals surface area (Å²) in [7, 11) is 0. The van der Waals surface area contributed by atoms with Crippen molar-refractivity contribution in [1.29, 1.82) is 0 Å². The van der Waals surface area contributed by atoms with Crippen molar-refractivity contribution in [3.8, 4) is 23.3 Å². The van der Waals surface area contributed by atoms with Crippen LogP contribution in [0.4, 0.5) is 13.2 Å². The summed E-state index contributed by atoms with van der Waals surface area (Å²) in [5, 5.41) is 9.03. The number of halogens is 3. The Morgan fingerprint density at radius 3 is 2.29 bits per heavy atom. The van der Waals surface area contributed by atoms with Gasteiger partial charge < -0.3 is 14.6 Å². The second-order valence-corrected chi connectivity index (χ2v) is 7.72. The first-order chi connectivity index (χ1) is 14.7. The molecule has 0 bridgehead atoms. The molecule has 1 aliphatic rings. The van der Waals surface area contributed by atoms with Crippen molar-refractivity contribution in [2.75, 3.05) is 13.2 Å². The summed E-state index contributed by atoms with van der Waals surface area (Å²) in [5.74, 6) is 5.19. The number of aliphatic carboxylic acids is 1. The van der Waals surface area contributed by atoms with Crippen LogP contribution in [-0.2, 0) is 11.0 Å². The lowest BCUT2D eigenvalue weighted by atomic mass is 9.96. The minimum Gasteiger partial charge on any atom is -0.493 e. The lowest BCUT2D eigenvalue weighted by Gasteiger charge is -2.18. The zero-order valence-electron chi connectivity index (χ0n) is 17.0. The Morgan fingerprint density at radius 2 is 1.74 bits per heavy atom. The monoisotopic (exact) mass is 432 g/mol. The molecule has 1 saturated carbocycles. The Morgan fingerprint density at radius 1 is 1.10 bits per heavy atom. The highest BCUT2D eigenvalue weighted by Gasteiger charge is 2.44. The summed E-state index contributed by atoms with van der Waals surface area (Å²) >= 11 is 0. The Bertz CT molecular complexity index is 967. The predicted molar refractivity (Wildman–Crippen MR) is 109 cm³/mol.